The maximum atomic E-state index is 10.6. The largest absolute Gasteiger partial charge is 0.490 e. The molecule has 1 saturated carbocycles. The van der Waals surface area contributed by atoms with Crippen LogP contribution in [0.15, 0.2) is 46.9 Å². The highest BCUT2D eigenvalue weighted by Gasteiger charge is 2.23. The zero-order chi connectivity index (χ0) is 14.1. The van der Waals surface area contributed by atoms with E-state index < -0.39 is 6.10 Å². The average molecular weight is 333 g/mol. The Kier molecular flexibility index (Phi) is 3.81. The Morgan fingerprint density at radius 1 is 1.20 bits per heavy atom. The van der Waals surface area contributed by atoms with Crippen LogP contribution in [-0.4, -0.2) is 11.2 Å². The Hall–Kier alpha value is -1.32. The number of hydrogen-bond donors (Lipinski definition) is 1. The lowest BCUT2D eigenvalue weighted by molar-refractivity contribution is 0.218. The number of rotatable bonds is 4. The molecule has 3 rings (SSSR count). The molecule has 0 heterocycles. The molecule has 2 aromatic rings. The van der Waals surface area contributed by atoms with E-state index >= 15 is 0 Å². The first-order chi connectivity index (χ1) is 9.63. The van der Waals surface area contributed by atoms with Gasteiger partial charge in [0, 0.05) is 4.47 Å². The monoisotopic (exact) mass is 332 g/mol. The van der Waals surface area contributed by atoms with Crippen LogP contribution < -0.4 is 4.74 Å². The molecule has 1 aliphatic carbocycles. The van der Waals surface area contributed by atoms with Gasteiger partial charge in [0.05, 0.1) is 6.10 Å². The molecule has 3 heteroatoms. The van der Waals surface area contributed by atoms with Gasteiger partial charge < -0.3 is 9.84 Å². The van der Waals surface area contributed by atoms with Crippen molar-refractivity contribution in [3.63, 3.8) is 0 Å². The van der Waals surface area contributed by atoms with Gasteiger partial charge in [-0.05, 0) is 60.7 Å². The predicted molar refractivity (Wildman–Crippen MR) is 83.0 cm³/mol. The Morgan fingerprint density at radius 2 is 2.00 bits per heavy atom. The molecule has 0 spiro atoms. The molecule has 0 amide bonds. The molecule has 0 saturated heterocycles. The Bertz CT molecular complexity index is 620. The van der Waals surface area contributed by atoms with Crippen LogP contribution in [0.5, 0.6) is 5.75 Å². The third-order valence-electron chi connectivity index (χ3n) is 3.53. The highest BCUT2D eigenvalue weighted by Crippen LogP contribution is 2.31. The van der Waals surface area contributed by atoms with Crippen molar-refractivity contribution in [2.45, 2.75) is 32.0 Å². The lowest BCUT2D eigenvalue weighted by Gasteiger charge is -2.15. The van der Waals surface area contributed by atoms with Crippen molar-refractivity contribution < 1.29 is 9.84 Å². The standard InChI is InChI=1S/C17H17BrO2/c1-11-9-13(18)5-8-16(11)17(19)12-3-2-4-15(10-12)20-14-6-7-14/h2-5,8-10,14,17,19H,6-7H2,1H3. The summed E-state index contributed by atoms with van der Waals surface area (Å²) < 4.78 is 6.81. The van der Waals surface area contributed by atoms with E-state index in [1.807, 2.05) is 49.4 Å². The number of aryl methyl sites for hydroxylation is 1. The molecule has 0 aromatic heterocycles. The van der Waals surface area contributed by atoms with Gasteiger partial charge >= 0.3 is 0 Å². The third-order valence-corrected chi connectivity index (χ3v) is 4.02. The lowest BCUT2D eigenvalue weighted by atomic mass is 9.97. The van der Waals surface area contributed by atoms with Crippen LogP contribution in [0.3, 0.4) is 0 Å². The summed E-state index contributed by atoms with van der Waals surface area (Å²) in [5.74, 6) is 0.846. The van der Waals surface area contributed by atoms with Gasteiger partial charge in [0.1, 0.15) is 11.9 Å². The van der Waals surface area contributed by atoms with E-state index in [-0.39, 0.29) is 0 Å². The fourth-order valence-electron chi connectivity index (χ4n) is 2.26. The molecule has 0 bridgehead atoms. The summed E-state index contributed by atoms with van der Waals surface area (Å²) in [6.45, 7) is 2.01. The van der Waals surface area contributed by atoms with E-state index in [2.05, 4.69) is 15.9 Å². The molecule has 0 aliphatic heterocycles. The molecule has 2 nitrogen and oxygen atoms in total. The first kappa shape index (κ1) is 13.7. The fraction of sp³-hybridized carbons (Fsp3) is 0.294. The molecule has 1 atom stereocenters. The van der Waals surface area contributed by atoms with E-state index in [0.717, 1.165) is 39.8 Å². The number of aliphatic hydroxyl groups excluding tert-OH is 1. The summed E-state index contributed by atoms with van der Waals surface area (Å²) in [7, 11) is 0. The number of aliphatic hydroxyl groups is 1. The van der Waals surface area contributed by atoms with Crippen LogP contribution in [0.25, 0.3) is 0 Å². The van der Waals surface area contributed by atoms with Crippen LogP contribution in [0.2, 0.25) is 0 Å². The Labute approximate surface area is 127 Å². The average Bonchev–Trinajstić information content (AvgIpc) is 3.22. The molecule has 1 fully saturated rings. The smallest absolute Gasteiger partial charge is 0.120 e. The van der Waals surface area contributed by atoms with E-state index in [9.17, 15) is 5.11 Å². The normalized spacial score (nSPS) is 15.9. The van der Waals surface area contributed by atoms with Gasteiger partial charge in [0.2, 0.25) is 0 Å². The second-order valence-electron chi connectivity index (χ2n) is 5.29. The molecule has 104 valence electrons. The number of hydrogen-bond acceptors (Lipinski definition) is 2. The molecule has 1 unspecified atom stereocenters. The molecule has 20 heavy (non-hydrogen) atoms. The van der Waals surface area contributed by atoms with Gasteiger partial charge in [-0.3, -0.25) is 0 Å². The van der Waals surface area contributed by atoms with Gasteiger partial charge in [0.25, 0.3) is 0 Å². The van der Waals surface area contributed by atoms with Crippen molar-refractivity contribution in [2.75, 3.05) is 0 Å². The van der Waals surface area contributed by atoms with Gasteiger partial charge in [0.15, 0.2) is 0 Å². The van der Waals surface area contributed by atoms with E-state index in [1.54, 1.807) is 0 Å². The summed E-state index contributed by atoms with van der Waals surface area (Å²) in [5.41, 5.74) is 2.87. The van der Waals surface area contributed by atoms with Gasteiger partial charge in [-0.15, -0.1) is 0 Å². The Morgan fingerprint density at radius 3 is 2.70 bits per heavy atom. The van der Waals surface area contributed by atoms with Gasteiger partial charge in [-0.1, -0.05) is 34.1 Å². The first-order valence-corrected chi connectivity index (χ1v) is 7.63. The molecular weight excluding hydrogens is 316 g/mol. The minimum Gasteiger partial charge on any atom is -0.490 e. The lowest BCUT2D eigenvalue weighted by Crippen LogP contribution is -2.03. The van der Waals surface area contributed by atoms with E-state index in [4.69, 9.17) is 4.74 Å². The van der Waals surface area contributed by atoms with Gasteiger partial charge in [-0.25, -0.2) is 0 Å². The topological polar surface area (TPSA) is 29.5 Å². The maximum absolute atomic E-state index is 10.6. The highest BCUT2D eigenvalue weighted by atomic mass is 79.9. The third kappa shape index (κ3) is 3.05. The predicted octanol–water partition coefficient (Wildman–Crippen LogP) is 4.38. The first-order valence-electron chi connectivity index (χ1n) is 6.84. The summed E-state index contributed by atoms with van der Waals surface area (Å²) in [5, 5.41) is 10.6. The van der Waals surface area contributed by atoms with Crippen LogP contribution in [0.1, 0.15) is 35.6 Å². The second kappa shape index (κ2) is 5.58. The molecule has 2 aromatic carbocycles. The number of benzene rings is 2. The second-order valence-corrected chi connectivity index (χ2v) is 6.21. The SMILES string of the molecule is Cc1cc(Br)ccc1C(O)c1cccc(OC2CC2)c1. The molecular formula is C17H17BrO2. The van der Waals surface area contributed by atoms with Crippen molar-refractivity contribution >= 4 is 15.9 Å². The number of ether oxygens (including phenoxy) is 1. The van der Waals surface area contributed by atoms with Crippen LogP contribution in [-0.2, 0) is 0 Å². The summed E-state index contributed by atoms with van der Waals surface area (Å²) >= 11 is 3.45. The van der Waals surface area contributed by atoms with E-state index in [0.29, 0.717) is 6.10 Å². The summed E-state index contributed by atoms with van der Waals surface area (Å²) in [6.07, 6.45) is 2.03. The van der Waals surface area contributed by atoms with Crippen molar-refractivity contribution in [2.24, 2.45) is 0 Å². The van der Waals surface area contributed by atoms with Crippen LogP contribution >= 0.6 is 15.9 Å². The molecule has 1 aliphatic rings. The van der Waals surface area contributed by atoms with Crippen molar-refractivity contribution in [1.82, 2.24) is 0 Å². The van der Waals surface area contributed by atoms with Crippen molar-refractivity contribution in [3.05, 3.63) is 63.6 Å². The van der Waals surface area contributed by atoms with E-state index in [1.165, 1.54) is 0 Å². The minimum atomic E-state index is -0.620. The maximum Gasteiger partial charge on any atom is 0.120 e. The van der Waals surface area contributed by atoms with Crippen LogP contribution in [0, 0.1) is 6.92 Å². The molecule has 0 radical (unpaired) electrons. The summed E-state index contributed by atoms with van der Waals surface area (Å²) in [4.78, 5) is 0. The summed E-state index contributed by atoms with van der Waals surface area (Å²) in [6, 6.07) is 13.7. The Balaban J connectivity index is 1.86. The van der Waals surface area contributed by atoms with Crippen LogP contribution in [0.4, 0.5) is 0 Å². The quantitative estimate of drug-likeness (QED) is 0.900. The zero-order valence-electron chi connectivity index (χ0n) is 11.3. The highest BCUT2D eigenvalue weighted by molar-refractivity contribution is 9.10. The molecule has 1 N–H and O–H groups in total. The zero-order valence-corrected chi connectivity index (χ0v) is 12.9. The van der Waals surface area contributed by atoms with Crippen molar-refractivity contribution in [1.29, 1.82) is 0 Å². The number of halogens is 1. The van der Waals surface area contributed by atoms with Gasteiger partial charge in [-0.2, -0.15) is 0 Å². The minimum absolute atomic E-state index is 0.372. The van der Waals surface area contributed by atoms with Crippen molar-refractivity contribution in [3.8, 4) is 5.75 Å². The fourth-order valence-corrected chi connectivity index (χ4v) is 2.74.